The molecule has 1 nitrogen and oxygen atoms in total. The van der Waals surface area contributed by atoms with Crippen molar-refractivity contribution in [2.45, 2.75) is 0 Å². The van der Waals surface area contributed by atoms with Crippen molar-refractivity contribution in [3.05, 3.63) is 48.5 Å². The third-order valence-corrected chi connectivity index (χ3v) is 4.59. The van der Waals surface area contributed by atoms with Gasteiger partial charge in [0.15, 0.2) is 0 Å². The summed E-state index contributed by atoms with van der Waals surface area (Å²) in [6.07, 6.45) is 0. The molecule has 1 aliphatic rings. The second-order valence-corrected chi connectivity index (χ2v) is 5.70. The molecule has 0 amide bonds. The molecule has 0 aromatic heterocycles. The molecule has 3 heteroatoms. The predicted octanol–water partition coefficient (Wildman–Crippen LogP) is 0.873. The molecule has 15 heavy (non-hydrogen) atoms. The molecule has 70 valence electrons. The van der Waals surface area contributed by atoms with Gasteiger partial charge in [-0.1, -0.05) is 48.5 Å². The smallest absolute Gasteiger partial charge is 0.257 e. The lowest BCUT2D eigenvalue weighted by Crippen LogP contribution is -2.21. The molecule has 0 N–H and O–H groups in total. The molecule has 0 bridgehead atoms. The highest BCUT2D eigenvalue weighted by molar-refractivity contribution is 6.64. The number of fused-ring (bicyclic) bond motifs is 3. The molecule has 2 aromatic rings. The first kappa shape index (κ1) is 9.09. The zero-order chi connectivity index (χ0) is 10.1. The third kappa shape index (κ3) is 1.58. The van der Waals surface area contributed by atoms with Crippen LogP contribution in [0.2, 0.25) is 0 Å². The van der Waals surface area contributed by atoms with E-state index in [1.165, 1.54) is 21.5 Å². The van der Waals surface area contributed by atoms with E-state index < -0.39 is 0 Å². The number of hydrogen-bond acceptors (Lipinski definition) is 1. The van der Waals surface area contributed by atoms with Crippen LogP contribution in [0.15, 0.2) is 48.5 Å². The average Bonchev–Trinajstić information content (AvgIpc) is 2.48. The molecule has 1 heterocycles. The average molecular weight is 224 g/mol. The van der Waals surface area contributed by atoms with Crippen LogP contribution in [-0.4, -0.2) is 19.5 Å². The lowest BCUT2D eigenvalue weighted by molar-refractivity contribution is 0.664. The molecule has 2 aromatic carbocycles. The fourth-order valence-corrected chi connectivity index (χ4v) is 3.82. The third-order valence-electron chi connectivity index (χ3n) is 2.47. The molecule has 0 unspecified atom stereocenters. The van der Waals surface area contributed by atoms with Crippen LogP contribution in [0, 0.1) is 0 Å². The predicted molar refractivity (Wildman–Crippen MR) is 63.7 cm³/mol. The van der Waals surface area contributed by atoms with Gasteiger partial charge < -0.3 is 4.12 Å². The molecule has 3 rings (SSSR count). The summed E-state index contributed by atoms with van der Waals surface area (Å²) in [7, 11) is 0.949. The van der Waals surface area contributed by atoms with Gasteiger partial charge in [0.1, 0.15) is 0 Å². The minimum absolute atomic E-state index is 0.475. The van der Waals surface area contributed by atoms with E-state index in [2.05, 4.69) is 48.5 Å². The Hall–Kier alpha value is -1.17. The van der Waals surface area contributed by atoms with Gasteiger partial charge in [-0.05, 0) is 21.5 Å². The summed E-state index contributed by atoms with van der Waals surface area (Å²) >= 11 is 0. The van der Waals surface area contributed by atoms with Crippen molar-refractivity contribution >= 4 is 29.9 Å². The van der Waals surface area contributed by atoms with E-state index in [0.29, 0.717) is 19.5 Å². The van der Waals surface area contributed by atoms with E-state index in [4.69, 9.17) is 4.12 Å². The van der Waals surface area contributed by atoms with Crippen molar-refractivity contribution in [3.8, 4) is 11.1 Å². The van der Waals surface area contributed by atoms with Gasteiger partial charge >= 0.3 is 0 Å². The van der Waals surface area contributed by atoms with Gasteiger partial charge in [0.2, 0.25) is 0 Å². The maximum atomic E-state index is 5.70. The Morgan fingerprint density at radius 3 is 1.67 bits per heavy atom. The normalized spacial score (nSPS) is 13.9. The van der Waals surface area contributed by atoms with Crippen LogP contribution in [0.4, 0.5) is 0 Å². The lowest BCUT2D eigenvalue weighted by Gasteiger charge is -2.06. The molecular formula is C12H8OSi2. The molecule has 0 fully saturated rings. The van der Waals surface area contributed by atoms with Crippen LogP contribution in [0.25, 0.3) is 11.1 Å². The quantitative estimate of drug-likeness (QED) is 0.604. The van der Waals surface area contributed by atoms with E-state index in [1.807, 2.05) is 0 Å². The monoisotopic (exact) mass is 224 g/mol. The van der Waals surface area contributed by atoms with Gasteiger partial charge in [-0.3, -0.25) is 0 Å². The number of hydrogen-bond donors (Lipinski definition) is 0. The van der Waals surface area contributed by atoms with Crippen molar-refractivity contribution in [2.24, 2.45) is 0 Å². The van der Waals surface area contributed by atoms with Crippen LogP contribution in [0.3, 0.4) is 0 Å². The van der Waals surface area contributed by atoms with Crippen LogP contribution < -0.4 is 10.4 Å². The summed E-state index contributed by atoms with van der Waals surface area (Å²) in [5.41, 5.74) is 2.66. The molecule has 4 radical (unpaired) electrons. The zero-order valence-corrected chi connectivity index (χ0v) is 10.0. The summed E-state index contributed by atoms with van der Waals surface area (Å²) in [6.45, 7) is 0. The minimum Gasteiger partial charge on any atom is -0.450 e. The highest BCUT2D eigenvalue weighted by Gasteiger charge is 2.15. The molecule has 0 aliphatic carbocycles. The van der Waals surface area contributed by atoms with Crippen LogP contribution in [-0.2, 0) is 4.12 Å². The van der Waals surface area contributed by atoms with Crippen molar-refractivity contribution < 1.29 is 4.12 Å². The van der Waals surface area contributed by atoms with Gasteiger partial charge in [0.25, 0.3) is 19.5 Å². The lowest BCUT2D eigenvalue weighted by atomic mass is 10.1. The van der Waals surface area contributed by atoms with Gasteiger partial charge in [0.05, 0.1) is 0 Å². The largest absolute Gasteiger partial charge is 0.450 e. The molecule has 0 saturated carbocycles. The summed E-state index contributed by atoms with van der Waals surface area (Å²) < 4.78 is 5.70. The second kappa shape index (κ2) is 3.77. The maximum absolute atomic E-state index is 5.70. The molecule has 0 saturated heterocycles. The molecule has 1 aliphatic heterocycles. The van der Waals surface area contributed by atoms with E-state index in [-0.39, 0.29) is 0 Å². The fourth-order valence-electron chi connectivity index (χ4n) is 1.75. The second-order valence-electron chi connectivity index (χ2n) is 3.40. The van der Waals surface area contributed by atoms with E-state index in [9.17, 15) is 0 Å². The first-order valence-electron chi connectivity index (χ1n) is 4.81. The Bertz CT molecular complexity index is 451. The summed E-state index contributed by atoms with van der Waals surface area (Å²) in [4.78, 5) is 0. The Balaban J connectivity index is 2.27. The summed E-state index contributed by atoms with van der Waals surface area (Å²) in [6, 6.07) is 17.0. The Morgan fingerprint density at radius 2 is 1.13 bits per heavy atom. The van der Waals surface area contributed by atoms with Crippen LogP contribution in [0.5, 0.6) is 0 Å². The summed E-state index contributed by atoms with van der Waals surface area (Å²) in [5.74, 6) is 0. The molecule has 0 spiro atoms. The summed E-state index contributed by atoms with van der Waals surface area (Å²) in [5, 5.41) is 2.63. The number of benzene rings is 2. The van der Waals surface area contributed by atoms with Crippen molar-refractivity contribution in [1.29, 1.82) is 0 Å². The highest BCUT2D eigenvalue weighted by atomic mass is 28.3. The highest BCUT2D eigenvalue weighted by Crippen LogP contribution is 2.15. The van der Waals surface area contributed by atoms with Crippen molar-refractivity contribution in [2.75, 3.05) is 0 Å². The van der Waals surface area contributed by atoms with Gasteiger partial charge in [0, 0.05) is 0 Å². The Labute approximate surface area is 94.0 Å². The topological polar surface area (TPSA) is 9.23 Å². The zero-order valence-electron chi connectivity index (χ0n) is 8.03. The number of rotatable bonds is 0. The Morgan fingerprint density at radius 1 is 0.667 bits per heavy atom. The maximum Gasteiger partial charge on any atom is 0.257 e. The van der Waals surface area contributed by atoms with Gasteiger partial charge in [-0.25, -0.2) is 0 Å². The van der Waals surface area contributed by atoms with Gasteiger partial charge in [-0.2, -0.15) is 0 Å². The molecular weight excluding hydrogens is 216 g/mol. The fraction of sp³-hybridized carbons (Fsp3) is 0. The van der Waals surface area contributed by atoms with Crippen LogP contribution in [0.1, 0.15) is 0 Å². The van der Waals surface area contributed by atoms with Crippen molar-refractivity contribution in [1.82, 2.24) is 0 Å². The first-order chi connectivity index (χ1) is 7.45. The van der Waals surface area contributed by atoms with Crippen molar-refractivity contribution in [3.63, 3.8) is 0 Å². The Kier molecular flexibility index (Phi) is 2.28. The van der Waals surface area contributed by atoms with Gasteiger partial charge in [-0.15, -0.1) is 0 Å². The standard InChI is InChI=1S/C12H8OSi2/c1-3-7-11-9(5-1)10-6-2-4-8-12(10)15-13-14-11/h1-8H. The van der Waals surface area contributed by atoms with E-state index in [0.717, 1.165) is 0 Å². The van der Waals surface area contributed by atoms with Crippen LogP contribution >= 0.6 is 0 Å². The van der Waals surface area contributed by atoms with E-state index >= 15 is 0 Å². The minimum atomic E-state index is 0.475. The first-order valence-corrected chi connectivity index (χ1v) is 6.63. The SMILES string of the molecule is c1ccc2c(c1)[Si]O[Si]c1ccccc1-2. The van der Waals surface area contributed by atoms with E-state index in [1.54, 1.807) is 0 Å². The molecule has 0 atom stereocenters.